The monoisotopic (exact) mass is 344 g/mol. The molecular weight excluding hydrogens is 328 g/mol. The highest BCUT2D eigenvalue weighted by Crippen LogP contribution is 2.33. The van der Waals surface area contributed by atoms with Crippen LogP contribution in [-0.2, 0) is 11.3 Å². The van der Waals surface area contributed by atoms with Crippen LogP contribution in [0.4, 0.5) is 4.79 Å². The minimum absolute atomic E-state index is 0.0107. The van der Waals surface area contributed by atoms with Gasteiger partial charge in [-0.15, -0.1) is 0 Å². The minimum atomic E-state index is -0.774. The Kier molecular flexibility index (Phi) is 3.38. The number of thioether (sulfide) groups is 1. The summed E-state index contributed by atoms with van der Waals surface area (Å²) in [6, 6.07) is 6.36. The lowest BCUT2D eigenvalue weighted by molar-refractivity contribution is -0.130. The lowest BCUT2D eigenvalue weighted by atomic mass is 9.99. The number of urea groups is 1. The molecule has 0 radical (unpaired) electrons. The van der Waals surface area contributed by atoms with E-state index in [1.807, 2.05) is 19.1 Å². The SMILES string of the molecule is Cc1cccc2nc(CN3C(=O)N[C@@]4(CCSC4)C3=O)cc(=O)n12. The Balaban J connectivity index is 1.69. The van der Waals surface area contributed by atoms with Gasteiger partial charge in [-0.2, -0.15) is 11.8 Å². The quantitative estimate of drug-likeness (QED) is 0.820. The number of imide groups is 1. The molecule has 4 heterocycles. The van der Waals surface area contributed by atoms with Crippen LogP contribution in [0.3, 0.4) is 0 Å². The third-order valence-electron chi connectivity index (χ3n) is 4.52. The molecule has 2 fully saturated rings. The Morgan fingerprint density at radius 1 is 1.33 bits per heavy atom. The van der Waals surface area contributed by atoms with Gasteiger partial charge in [0.25, 0.3) is 11.5 Å². The summed E-state index contributed by atoms with van der Waals surface area (Å²) in [5.41, 5.74) is 0.719. The van der Waals surface area contributed by atoms with Crippen molar-refractivity contribution < 1.29 is 9.59 Å². The number of nitrogens with zero attached hydrogens (tertiary/aromatic N) is 3. The summed E-state index contributed by atoms with van der Waals surface area (Å²) in [6.45, 7) is 1.84. The maximum atomic E-state index is 12.7. The average Bonchev–Trinajstić information content (AvgIpc) is 3.09. The second-order valence-electron chi connectivity index (χ2n) is 6.15. The number of carbonyl (C=O) groups excluding carboxylic acids is 2. The van der Waals surface area contributed by atoms with Crippen LogP contribution in [0, 0.1) is 6.92 Å². The average molecular weight is 344 g/mol. The van der Waals surface area contributed by atoms with E-state index >= 15 is 0 Å². The van der Waals surface area contributed by atoms with Gasteiger partial charge >= 0.3 is 6.03 Å². The van der Waals surface area contributed by atoms with E-state index in [2.05, 4.69) is 10.3 Å². The number of aromatic nitrogens is 2. The number of fused-ring (bicyclic) bond motifs is 1. The lowest BCUT2D eigenvalue weighted by Crippen LogP contribution is -2.46. The number of pyridine rings is 1. The van der Waals surface area contributed by atoms with Crippen molar-refractivity contribution in [1.82, 2.24) is 19.6 Å². The first-order valence-corrected chi connectivity index (χ1v) is 8.86. The van der Waals surface area contributed by atoms with Crippen LogP contribution in [0.25, 0.3) is 5.65 Å². The first-order valence-electron chi connectivity index (χ1n) is 7.70. The maximum absolute atomic E-state index is 12.7. The van der Waals surface area contributed by atoms with Gasteiger partial charge in [-0.1, -0.05) is 6.07 Å². The smallest absolute Gasteiger partial charge is 0.322 e. The van der Waals surface area contributed by atoms with E-state index in [4.69, 9.17) is 0 Å². The molecule has 0 aliphatic carbocycles. The van der Waals surface area contributed by atoms with Crippen molar-refractivity contribution in [1.29, 1.82) is 0 Å². The second-order valence-corrected chi connectivity index (χ2v) is 7.26. The molecule has 3 amide bonds. The number of hydrogen-bond donors (Lipinski definition) is 1. The molecule has 0 unspecified atom stereocenters. The van der Waals surface area contributed by atoms with E-state index in [0.717, 1.165) is 11.4 Å². The van der Waals surface area contributed by atoms with E-state index in [1.165, 1.54) is 15.4 Å². The normalized spacial score (nSPS) is 23.5. The molecule has 4 rings (SSSR count). The number of rotatable bonds is 2. The topological polar surface area (TPSA) is 83.8 Å². The lowest BCUT2D eigenvalue weighted by Gasteiger charge is -2.19. The molecule has 0 bridgehead atoms. The highest BCUT2D eigenvalue weighted by molar-refractivity contribution is 7.99. The van der Waals surface area contributed by atoms with Crippen molar-refractivity contribution in [2.45, 2.75) is 25.4 Å². The molecule has 124 valence electrons. The zero-order chi connectivity index (χ0) is 16.9. The summed E-state index contributed by atoms with van der Waals surface area (Å²) in [4.78, 5) is 42.8. The largest absolute Gasteiger partial charge is 0.325 e. The zero-order valence-electron chi connectivity index (χ0n) is 13.1. The van der Waals surface area contributed by atoms with Crippen molar-refractivity contribution in [3.05, 3.63) is 46.0 Å². The molecule has 2 aliphatic heterocycles. The number of amides is 3. The molecule has 1 spiro atoms. The van der Waals surface area contributed by atoms with Crippen LogP contribution in [0.5, 0.6) is 0 Å². The van der Waals surface area contributed by atoms with E-state index in [1.54, 1.807) is 17.8 Å². The number of hydrogen-bond acceptors (Lipinski definition) is 5. The van der Waals surface area contributed by atoms with Gasteiger partial charge in [-0.05, 0) is 31.2 Å². The van der Waals surface area contributed by atoms with Gasteiger partial charge in [-0.3, -0.25) is 18.9 Å². The molecule has 0 saturated carbocycles. The zero-order valence-corrected chi connectivity index (χ0v) is 13.9. The summed E-state index contributed by atoms with van der Waals surface area (Å²) in [6.07, 6.45) is 0.645. The third-order valence-corrected chi connectivity index (χ3v) is 5.71. The first-order chi connectivity index (χ1) is 11.5. The van der Waals surface area contributed by atoms with Gasteiger partial charge in [0.2, 0.25) is 0 Å². The van der Waals surface area contributed by atoms with Crippen LogP contribution >= 0.6 is 11.8 Å². The molecule has 24 heavy (non-hydrogen) atoms. The third kappa shape index (κ3) is 2.21. The Bertz CT molecular complexity index is 917. The van der Waals surface area contributed by atoms with Crippen LogP contribution in [-0.4, -0.2) is 43.3 Å². The maximum Gasteiger partial charge on any atom is 0.325 e. The van der Waals surface area contributed by atoms with Crippen molar-refractivity contribution in [2.75, 3.05) is 11.5 Å². The molecule has 2 aromatic rings. The molecule has 7 nitrogen and oxygen atoms in total. The number of aryl methyl sites for hydroxylation is 1. The fourth-order valence-corrected chi connectivity index (χ4v) is 4.58. The first kappa shape index (κ1) is 15.2. The van der Waals surface area contributed by atoms with Crippen molar-refractivity contribution >= 4 is 29.3 Å². The highest BCUT2D eigenvalue weighted by atomic mass is 32.2. The van der Waals surface area contributed by atoms with E-state index < -0.39 is 11.6 Å². The minimum Gasteiger partial charge on any atom is -0.322 e. The summed E-state index contributed by atoms with van der Waals surface area (Å²) in [5, 5.41) is 2.82. The van der Waals surface area contributed by atoms with E-state index in [9.17, 15) is 14.4 Å². The summed E-state index contributed by atoms with van der Waals surface area (Å²) < 4.78 is 1.50. The second kappa shape index (κ2) is 5.34. The fraction of sp³-hybridized carbons (Fsp3) is 0.375. The van der Waals surface area contributed by atoms with Crippen LogP contribution in [0.15, 0.2) is 29.1 Å². The molecule has 2 aliphatic rings. The molecule has 2 saturated heterocycles. The summed E-state index contributed by atoms with van der Waals surface area (Å²) in [5.74, 6) is 1.24. The summed E-state index contributed by atoms with van der Waals surface area (Å²) >= 11 is 1.66. The fourth-order valence-electron chi connectivity index (χ4n) is 3.26. The van der Waals surface area contributed by atoms with Gasteiger partial charge < -0.3 is 5.32 Å². The Labute approximate surface area is 142 Å². The van der Waals surface area contributed by atoms with Gasteiger partial charge in [0.05, 0.1) is 12.2 Å². The molecule has 2 aromatic heterocycles. The predicted molar refractivity (Wildman–Crippen MR) is 90.0 cm³/mol. The standard InChI is InChI=1S/C16H16N4O3S/c1-10-3-2-4-12-17-11(7-13(21)20(10)12)8-19-14(22)16(18-15(19)23)5-6-24-9-16/h2-4,7H,5-6,8-9H2,1H3,(H,18,23)/t16-/m1/s1. The van der Waals surface area contributed by atoms with E-state index in [0.29, 0.717) is 23.5 Å². The predicted octanol–water partition coefficient (Wildman–Crippen LogP) is 0.930. The van der Waals surface area contributed by atoms with E-state index in [-0.39, 0.29) is 18.0 Å². The van der Waals surface area contributed by atoms with Crippen LogP contribution < -0.4 is 10.9 Å². The number of nitrogens with one attached hydrogen (secondary N) is 1. The van der Waals surface area contributed by atoms with Crippen LogP contribution in [0.2, 0.25) is 0 Å². The van der Waals surface area contributed by atoms with Gasteiger partial charge in [0.15, 0.2) is 0 Å². The molecule has 1 N–H and O–H groups in total. The molecular formula is C16H16N4O3S. The highest BCUT2D eigenvalue weighted by Gasteiger charge is 2.52. The Morgan fingerprint density at radius 3 is 2.92 bits per heavy atom. The van der Waals surface area contributed by atoms with Crippen molar-refractivity contribution in [2.24, 2.45) is 0 Å². The van der Waals surface area contributed by atoms with Crippen molar-refractivity contribution in [3.8, 4) is 0 Å². The van der Waals surface area contributed by atoms with Crippen molar-refractivity contribution in [3.63, 3.8) is 0 Å². The van der Waals surface area contributed by atoms with Gasteiger partial charge in [0.1, 0.15) is 11.2 Å². The van der Waals surface area contributed by atoms with Crippen LogP contribution in [0.1, 0.15) is 17.8 Å². The summed E-state index contributed by atoms with van der Waals surface area (Å²) in [7, 11) is 0. The molecule has 0 aromatic carbocycles. The Hall–Kier alpha value is -2.35. The molecule has 8 heteroatoms. The Morgan fingerprint density at radius 2 is 2.17 bits per heavy atom. The molecule has 1 atom stereocenters. The van der Waals surface area contributed by atoms with Gasteiger partial charge in [-0.25, -0.2) is 9.78 Å². The van der Waals surface area contributed by atoms with Gasteiger partial charge in [0, 0.05) is 17.5 Å². The number of carbonyl (C=O) groups is 2.